The highest BCUT2D eigenvalue weighted by Gasteiger charge is 2.33. The number of halogens is 1. The molecule has 2 N–H and O–H groups in total. The second-order valence-corrected chi connectivity index (χ2v) is 6.49. The Morgan fingerprint density at radius 3 is 2.26 bits per heavy atom. The first-order valence-corrected chi connectivity index (χ1v) is 8.46. The van der Waals surface area contributed by atoms with Gasteiger partial charge in [0.15, 0.2) is 11.6 Å². The van der Waals surface area contributed by atoms with Gasteiger partial charge in [-0.05, 0) is 30.3 Å². The fraction of sp³-hybridized carbons (Fsp3) is 0. The van der Waals surface area contributed by atoms with E-state index >= 15 is 0 Å². The second-order valence-electron chi connectivity index (χ2n) is 6.05. The summed E-state index contributed by atoms with van der Waals surface area (Å²) >= 11 is 5.90. The molecule has 3 aromatic carbocycles. The molecule has 27 heavy (non-hydrogen) atoms. The summed E-state index contributed by atoms with van der Waals surface area (Å²) in [5.74, 6) is -1.98. The molecule has 0 aromatic heterocycles. The van der Waals surface area contributed by atoms with Crippen LogP contribution in [0, 0.1) is 0 Å². The maximum absolute atomic E-state index is 12.8. The molecule has 0 heterocycles. The van der Waals surface area contributed by atoms with Gasteiger partial charge in [-0.25, -0.2) is 0 Å². The number of ketones is 2. The first kappa shape index (κ1) is 17.0. The van der Waals surface area contributed by atoms with Gasteiger partial charge in [0.2, 0.25) is 0 Å². The number of carbonyl (C=O) groups is 3. The predicted molar refractivity (Wildman–Crippen MR) is 101 cm³/mol. The molecule has 0 atom stereocenters. The normalized spacial score (nSPS) is 12.3. The number of hydrogen-bond donors (Lipinski definition) is 2. The molecule has 5 nitrogen and oxygen atoms in total. The molecule has 0 spiro atoms. The Balaban J connectivity index is 1.77. The number of rotatable bonds is 2. The van der Waals surface area contributed by atoms with E-state index in [-0.39, 0.29) is 33.6 Å². The van der Waals surface area contributed by atoms with Crippen molar-refractivity contribution < 1.29 is 19.5 Å². The summed E-state index contributed by atoms with van der Waals surface area (Å²) in [5.41, 5.74) is 0.753. The Labute approximate surface area is 159 Å². The van der Waals surface area contributed by atoms with E-state index in [9.17, 15) is 19.5 Å². The predicted octanol–water partition coefficient (Wildman–Crippen LogP) is 4.07. The molecule has 1 aliphatic rings. The molecule has 4 rings (SSSR count). The van der Waals surface area contributed by atoms with Crippen molar-refractivity contribution in [1.82, 2.24) is 0 Å². The summed E-state index contributed by atoms with van der Waals surface area (Å²) in [6.07, 6.45) is 0. The van der Waals surface area contributed by atoms with Crippen LogP contribution in [0.5, 0.6) is 5.75 Å². The monoisotopic (exact) mass is 377 g/mol. The van der Waals surface area contributed by atoms with Gasteiger partial charge in [-0.3, -0.25) is 14.4 Å². The van der Waals surface area contributed by atoms with Crippen LogP contribution in [-0.2, 0) is 0 Å². The molecular formula is C21H12ClNO4. The molecule has 0 saturated carbocycles. The van der Waals surface area contributed by atoms with Crippen LogP contribution in [0.4, 0.5) is 5.69 Å². The number of hydrogen-bond acceptors (Lipinski definition) is 4. The van der Waals surface area contributed by atoms with E-state index in [4.69, 9.17) is 11.6 Å². The summed E-state index contributed by atoms with van der Waals surface area (Å²) in [5, 5.41) is 13.6. The van der Waals surface area contributed by atoms with Gasteiger partial charge in [0.25, 0.3) is 5.91 Å². The molecule has 6 heteroatoms. The van der Waals surface area contributed by atoms with Crippen LogP contribution in [0.1, 0.15) is 42.2 Å². The molecule has 0 fully saturated rings. The standard InChI is InChI=1S/C21H12ClNO4/c22-11-4-3-5-12(10-11)23-21(27)16-9-8-15-17(20(16)26)19(25)14-7-2-1-6-13(14)18(15)24/h1-10,26H,(H,23,27). The molecule has 132 valence electrons. The first-order valence-electron chi connectivity index (χ1n) is 8.08. The van der Waals surface area contributed by atoms with Crippen molar-refractivity contribution >= 4 is 34.8 Å². The molecule has 3 aromatic rings. The van der Waals surface area contributed by atoms with Gasteiger partial charge in [0.05, 0.1) is 11.1 Å². The van der Waals surface area contributed by atoms with E-state index in [2.05, 4.69) is 5.32 Å². The lowest BCUT2D eigenvalue weighted by Crippen LogP contribution is -2.22. The average molecular weight is 378 g/mol. The zero-order valence-corrected chi connectivity index (χ0v) is 14.6. The third-order valence-corrected chi connectivity index (χ3v) is 4.63. The number of fused-ring (bicyclic) bond motifs is 2. The Morgan fingerprint density at radius 2 is 1.56 bits per heavy atom. The second kappa shape index (κ2) is 6.37. The number of phenols is 1. The van der Waals surface area contributed by atoms with Crippen LogP contribution in [0.3, 0.4) is 0 Å². The maximum atomic E-state index is 12.8. The lowest BCUT2D eigenvalue weighted by Gasteiger charge is -2.19. The molecular weight excluding hydrogens is 366 g/mol. The number of amides is 1. The van der Waals surface area contributed by atoms with Crippen molar-refractivity contribution in [2.24, 2.45) is 0 Å². The van der Waals surface area contributed by atoms with E-state index < -0.39 is 17.4 Å². The van der Waals surface area contributed by atoms with Crippen molar-refractivity contribution in [3.63, 3.8) is 0 Å². The van der Waals surface area contributed by atoms with Crippen LogP contribution in [0.25, 0.3) is 0 Å². The lowest BCUT2D eigenvalue weighted by molar-refractivity contribution is 0.0974. The number of phenolic OH excluding ortho intramolecular Hbond substituents is 1. The number of aromatic hydroxyl groups is 1. The molecule has 0 saturated heterocycles. The SMILES string of the molecule is O=C(Nc1cccc(Cl)c1)c1ccc2c(c1O)C(=O)c1ccccc1C2=O. The largest absolute Gasteiger partial charge is 0.506 e. The fourth-order valence-electron chi connectivity index (χ4n) is 3.12. The van der Waals surface area contributed by atoms with E-state index in [1.165, 1.54) is 18.2 Å². The van der Waals surface area contributed by atoms with Gasteiger partial charge < -0.3 is 10.4 Å². The van der Waals surface area contributed by atoms with Gasteiger partial charge in [0, 0.05) is 27.4 Å². The molecule has 1 aliphatic carbocycles. The summed E-state index contributed by atoms with van der Waals surface area (Å²) in [6.45, 7) is 0. The minimum atomic E-state index is -0.614. The van der Waals surface area contributed by atoms with Crippen LogP contribution in [-0.4, -0.2) is 22.6 Å². The van der Waals surface area contributed by atoms with E-state index in [1.54, 1.807) is 42.5 Å². The average Bonchev–Trinajstić information content (AvgIpc) is 2.66. The van der Waals surface area contributed by atoms with Crippen LogP contribution in [0.2, 0.25) is 5.02 Å². The fourth-order valence-corrected chi connectivity index (χ4v) is 3.31. The number of nitrogens with one attached hydrogen (secondary N) is 1. The van der Waals surface area contributed by atoms with E-state index in [0.29, 0.717) is 10.7 Å². The third-order valence-electron chi connectivity index (χ3n) is 4.39. The minimum Gasteiger partial charge on any atom is -0.506 e. The Bertz CT molecular complexity index is 1140. The highest BCUT2D eigenvalue weighted by atomic mass is 35.5. The molecule has 0 unspecified atom stereocenters. The van der Waals surface area contributed by atoms with Crippen molar-refractivity contribution in [2.75, 3.05) is 5.32 Å². The van der Waals surface area contributed by atoms with Crippen molar-refractivity contribution in [2.45, 2.75) is 0 Å². The first-order chi connectivity index (χ1) is 13.0. The summed E-state index contributed by atoms with van der Waals surface area (Å²) in [4.78, 5) is 38.0. The molecule has 1 amide bonds. The Hall–Kier alpha value is -3.44. The minimum absolute atomic E-state index is 0.0792. The van der Waals surface area contributed by atoms with Gasteiger partial charge in [-0.2, -0.15) is 0 Å². The Morgan fingerprint density at radius 1 is 0.852 bits per heavy atom. The number of benzene rings is 3. The quantitative estimate of drug-likeness (QED) is 0.551. The topological polar surface area (TPSA) is 83.5 Å². The summed E-state index contributed by atoms with van der Waals surface area (Å²) in [6, 6.07) is 15.6. The highest BCUT2D eigenvalue weighted by Crippen LogP contribution is 2.35. The van der Waals surface area contributed by atoms with Gasteiger partial charge >= 0.3 is 0 Å². The zero-order valence-electron chi connectivity index (χ0n) is 13.8. The lowest BCUT2D eigenvalue weighted by atomic mass is 9.82. The van der Waals surface area contributed by atoms with Gasteiger partial charge in [-0.1, -0.05) is 41.9 Å². The van der Waals surface area contributed by atoms with Crippen molar-refractivity contribution in [3.05, 3.63) is 93.5 Å². The summed E-state index contributed by atoms with van der Waals surface area (Å²) < 4.78 is 0. The van der Waals surface area contributed by atoms with Crippen LogP contribution >= 0.6 is 11.6 Å². The molecule has 0 radical (unpaired) electrons. The highest BCUT2D eigenvalue weighted by molar-refractivity contribution is 6.31. The van der Waals surface area contributed by atoms with Crippen molar-refractivity contribution in [3.8, 4) is 5.75 Å². The maximum Gasteiger partial charge on any atom is 0.259 e. The van der Waals surface area contributed by atoms with Gasteiger partial charge in [0.1, 0.15) is 5.75 Å². The van der Waals surface area contributed by atoms with Crippen molar-refractivity contribution in [1.29, 1.82) is 0 Å². The van der Waals surface area contributed by atoms with E-state index in [0.717, 1.165) is 0 Å². The van der Waals surface area contributed by atoms with Gasteiger partial charge in [-0.15, -0.1) is 0 Å². The zero-order chi connectivity index (χ0) is 19.1. The smallest absolute Gasteiger partial charge is 0.259 e. The number of carbonyl (C=O) groups excluding carboxylic acids is 3. The van der Waals surface area contributed by atoms with Crippen LogP contribution < -0.4 is 5.32 Å². The summed E-state index contributed by atoms with van der Waals surface area (Å²) in [7, 11) is 0. The third kappa shape index (κ3) is 2.78. The van der Waals surface area contributed by atoms with E-state index in [1.807, 2.05) is 0 Å². The Kier molecular flexibility index (Phi) is 4.01. The number of anilines is 1. The molecule has 0 bridgehead atoms. The van der Waals surface area contributed by atoms with Crippen LogP contribution in [0.15, 0.2) is 60.7 Å². The molecule has 0 aliphatic heterocycles.